The van der Waals surface area contributed by atoms with E-state index in [0.717, 1.165) is 21.9 Å². The van der Waals surface area contributed by atoms with Gasteiger partial charge in [-0.3, -0.25) is 0 Å². The number of aromatic nitrogens is 1. The van der Waals surface area contributed by atoms with Gasteiger partial charge in [0.15, 0.2) is 0 Å². The first-order valence-corrected chi connectivity index (χ1v) is 6.61. The molecule has 0 aliphatic carbocycles. The Morgan fingerprint density at radius 3 is 2.53 bits per heavy atom. The largest absolute Gasteiger partial charge is 0.416 e. The fraction of sp³-hybridized carbons (Fsp3) is 0.308. The van der Waals surface area contributed by atoms with E-state index >= 15 is 0 Å². The topological polar surface area (TPSA) is 24.9 Å². The number of nitrogens with one attached hydrogen (secondary N) is 1. The van der Waals surface area contributed by atoms with Gasteiger partial charge >= 0.3 is 6.18 Å². The Morgan fingerprint density at radius 2 is 2.00 bits per heavy atom. The molecule has 19 heavy (non-hydrogen) atoms. The Bertz CT molecular complexity index is 576. The number of rotatable bonds is 3. The monoisotopic (exact) mass is 286 g/mol. The van der Waals surface area contributed by atoms with Crippen LogP contribution in [-0.4, -0.2) is 11.5 Å². The van der Waals surface area contributed by atoms with Crippen molar-refractivity contribution in [1.82, 2.24) is 4.98 Å². The van der Waals surface area contributed by atoms with Crippen LogP contribution in [0, 0.1) is 6.92 Å². The minimum atomic E-state index is -4.37. The van der Waals surface area contributed by atoms with E-state index in [1.807, 2.05) is 19.9 Å². The van der Waals surface area contributed by atoms with Gasteiger partial charge in [-0.15, -0.1) is 11.3 Å². The molecule has 0 fully saturated rings. The van der Waals surface area contributed by atoms with Gasteiger partial charge in [0.05, 0.1) is 16.1 Å². The number of thiophene rings is 1. The van der Waals surface area contributed by atoms with E-state index in [2.05, 4.69) is 10.3 Å². The second-order valence-electron chi connectivity index (χ2n) is 4.06. The summed E-state index contributed by atoms with van der Waals surface area (Å²) in [5.74, 6) is 0.248. The minimum Gasteiger partial charge on any atom is -0.370 e. The molecule has 1 N–H and O–H groups in total. The maximum Gasteiger partial charge on any atom is 0.416 e. The van der Waals surface area contributed by atoms with Crippen LogP contribution in [0.4, 0.5) is 19.0 Å². The van der Waals surface area contributed by atoms with Crippen molar-refractivity contribution in [3.63, 3.8) is 0 Å². The van der Waals surface area contributed by atoms with Gasteiger partial charge in [-0.25, -0.2) is 4.98 Å². The molecule has 0 saturated heterocycles. The lowest BCUT2D eigenvalue weighted by molar-refractivity contribution is -0.137. The average molecular weight is 286 g/mol. The minimum absolute atomic E-state index is 0.248. The molecule has 0 spiro atoms. The fourth-order valence-electron chi connectivity index (χ4n) is 1.66. The third-order valence-corrected chi connectivity index (χ3v) is 3.53. The molecule has 6 heteroatoms. The molecule has 2 aromatic rings. The summed E-state index contributed by atoms with van der Waals surface area (Å²) in [4.78, 5) is 6.00. The van der Waals surface area contributed by atoms with Crippen LogP contribution in [-0.2, 0) is 6.18 Å². The number of alkyl halides is 3. The number of aryl methyl sites for hydroxylation is 1. The molecule has 0 atom stereocenters. The summed E-state index contributed by atoms with van der Waals surface area (Å²) in [5, 5.41) is 2.83. The molecule has 0 unspecified atom stereocenters. The van der Waals surface area contributed by atoms with E-state index in [1.165, 1.54) is 11.3 Å². The number of halogens is 3. The summed E-state index contributed by atoms with van der Waals surface area (Å²) in [5.41, 5.74) is -0.330. The third kappa shape index (κ3) is 3.26. The second-order valence-corrected chi connectivity index (χ2v) is 5.35. The number of hydrogen-bond donors (Lipinski definition) is 1. The molecule has 0 bridgehead atoms. The highest BCUT2D eigenvalue weighted by Gasteiger charge is 2.31. The Labute approximate surface area is 113 Å². The first-order chi connectivity index (χ1) is 8.90. The highest BCUT2D eigenvalue weighted by molar-refractivity contribution is 7.15. The van der Waals surface area contributed by atoms with Crippen LogP contribution in [0.15, 0.2) is 24.3 Å². The van der Waals surface area contributed by atoms with Gasteiger partial charge in [0.2, 0.25) is 0 Å². The SMILES string of the molecule is CCNc1cc(C(F)(F)F)cc(-c2ccc(C)s2)n1. The van der Waals surface area contributed by atoms with Gasteiger partial charge in [-0.1, -0.05) is 0 Å². The van der Waals surface area contributed by atoms with Crippen molar-refractivity contribution in [1.29, 1.82) is 0 Å². The number of hydrogen-bond acceptors (Lipinski definition) is 3. The van der Waals surface area contributed by atoms with E-state index in [4.69, 9.17) is 0 Å². The van der Waals surface area contributed by atoms with Crippen molar-refractivity contribution in [2.24, 2.45) is 0 Å². The van der Waals surface area contributed by atoms with Crippen molar-refractivity contribution in [2.75, 3.05) is 11.9 Å². The second kappa shape index (κ2) is 5.21. The van der Waals surface area contributed by atoms with Crippen molar-refractivity contribution in [3.8, 4) is 10.6 Å². The zero-order valence-corrected chi connectivity index (χ0v) is 11.3. The summed E-state index contributed by atoms with van der Waals surface area (Å²) in [6, 6.07) is 5.78. The maximum absolute atomic E-state index is 12.9. The number of nitrogens with zero attached hydrogens (tertiary/aromatic N) is 1. The molecule has 0 aliphatic heterocycles. The Morgan fingerprint density at radius 1 is 1.26 bits per heavy atom. The molecule has 2 nitrogen and oxygen atoms in total. The molecule has 102 valence electrons. The van der Waals surface area contributed by atoms with E-state index in [1.54, 1.807) is 6.07 Å². The zero-order valence-electron chi connectivity index (χ0n) is 10.5. The zero-order chi connectivity index (χ0) is 14.0. The number of anilines is 1. The summed E-state index contributed by atoms with van der Waals surface area (Å²) in [6.45, 7) is 4.25. The summed E-state index contributed by atoms with van der Waals surface area (Å²) in [7, 11) is 0. The normalized spacial score (nSPS) is 11.6. The molecule has 0 amide bonds. The molecular weight excluding hydrogens is 273 g/mol. The van der Waals surface area contributed by atoms with Crippen molar-refractivity contribution in [2.45, 2.75) is 20.0 Å². The molecule has 0 aromatic carbocycles. The third-order valence-electron chi connectivity index (χ3n) is 2.50. The van der Waals surface area contributed by atoms with Crippen LogP contribution < -0.4 is 5.32 Å². The van der Waals surface area contributed by atoms with Crippen molar-refractivity contribution >= 4 is 17.2 Å². The lowest BCUT2D eigenvalue weighted by Gasteiger charge is -2.11. The van der Waals surface area contributed by atoms with Crippen LogP contribution >= 0.6 is 11.3 Å². The van der Waals surface area contributed by atoms with Gasteiger partial charge in [-0.05, 0) is 38.1 Å². The first-order valence-electron chi connectivity index (χ1n) is 5.80. The van der Waals surface area contributed by atoms with Gasteiger partial charge < -0.3 is 5.32 Å². The van der Waals surface area contributed by atoms with Gasteiger partial charge in [-0.2, -0.15) is 13.2 Å². The number of pyridine rings is 1. The summed E-state index contributed by atoms with van der Waals surface area (Å²) < 4.78 is 38.6. The highest BCUT2D eigenvalue weighted by Crippen LogP contribution is 2.35. The van der Waals surface area contributed by atoms with Crippen LogP contribution in [0.1, 0.15) is 17.4 Å². The van der Waals surface area contributed by atoms with Crippen LogP contribution in [0.5, 0.6) is 0 Å². The van der Waals surface area contributed by atoms with Crippen molar-refractivity contribution in [3.05, 3.63) is 34.7 Å². The molecule has 0 saturated carbocycles. The van der Waals surface area contributed by atoms with Crippen molar-refractivity contribution < 1.29 is 13.2 Å². The van der Waals surface area contributed by atoms with Gasteiger partial charge in [0.25, 0.3) is 0 Å². The molecule has 2 rings (SSSR count). The predicted molar refractivity (Wildman–Crippen MR) is 71.5 cm³/mol. The Kier molecular flexibility index (Phi) is 3.80. The molecule has 0 aliphatic rings. The summed E-state index contributed by atoms with van der Waals surface area (Å²) in [6.07, 6.45) is -4.37. The Balaban J connectivity index is 2.51. The predicted octanol–water partition coefficient (Wildman–Crippen LogP) is 4.57. The van der Waals surface area contributed by atoms with Crippen LogP contribution in [0.2, 0.25) is 0 Å². The quantitative estimate of drug-likeness (QED) is 0.894. The molecule has 2 aromatic heterocycles. The van der Waals surface area contributed by atoms with Gasteiger partial charge in [0.1, 0.15) is 5.82 Å². The average Bonchev–Trinajstić information content (AvgIpc) is 2.75. The highest BCUT2D eigenvalue weighted by atomic mass is 32.1. The first kappa shape index (κ1) is 13.9. The van der Waals surface area contributed by atoms with E-state index in [0.29, 0.717) is 12.2 Å². The summed E-state index contributed by atoms with van der Waals surface area (Å²) >= 11 is 1.43. The lowest BCUT2D eigenvalue weighted by atomic mass is 10.2. The Hall–Kier alpha value is -1.56. The van der Waals surface area contributed by atoms with Crippen LogP contribution in [0.25, 0.3) is 10.6 Å². The van der Waals surface area contributed by atoms with Gasteiger partial charge in [0, 0.05) is 11.4 Å². The maximum atomic E-state index is 12.9. The molecule has 0 radical (unpaired) electrons. The van der Waals surface area contributed by atoms with E-state index in [9.17, 15) is 13.2 Å². The van der Waals surface area contributed by atoms with Crippen LogP contribution in [0.3, 0.4) is 0 Å². The molecule has 2 heterocycles. The van der Waals surface area contributed by atoms with E-state index < -0.39 is 11.7 Å². The fourth-order valence-corrected chi connectivity index (χ4v) is 2.49. The van der Waals surface area contributed by atoms with E-state index in [-0.39, 0.29) is 5.82 Å². The molecular formula is C13H13F3N2S. The lowest BCUT2D eigenvalue weighted by Crippen LogP contribution is -2.08. The smallest absolute Gasteiger partial charge is 0.370 e. The standard InChI is InChI=1S/C13H13F3N2S/c1-3-17-12-7-9(13(14,15)16)6-10(18-12)11-5-4-8(2)19-11/h4-7H,3H2,1-2H3,(H,17,18).